The van der Waals surface area contributed by atoms with Gasteiger partial charge < -0.3 is 5.32 Å². The average Bonchev–Trinajstić information content (AvgIpc) is 2.51. The van der Waals surface area contributed by atoms with Crippen molar-refractivity contribution in [1.82, 2.24) is 5.43 Å². The van der Waals surface area contributed by atoms with Gasteiger partial charge in [0.2, 0.25) is 0 Å². The molecule has 2 rings (SSSR count). The molecule has 0 aliphatic rings. The van der Waals surface area contributed by atoms with Crippen LogP contribution in [0.15, 0.2) is 35.4 Å². The van der Waals surface area contributed by atoms with Crippen LogP contribution in [-0.2, 0) is 4.79 Å². The number of amides is 1. The van der Waals surface area contributed by atoms with Crippen molar-refractivity contribution in [3.63, 3.8) is 0 Å². The van der Waals surface area contributed by atoms with Crippen molar-refractivity contribution in [3.8, 4) is 0 Å². The molecule has 0 aliphatic carbocycles. The third-order valence-electron chi connectivity index (χ3n) is 3.83. The van der Waals surface area contributed by atoms with Crippen LogP contribution in [0, 0.1) is 27.7 Å². The zero-order chi connectivity index (χ0) is 17.7. The molecule has 0 fully saturated rings. The van der Waals surface area contributed by atoms with Crippen LogP contribution in [0.4, 0.5) is 5.69 Å². The Balaban J connectivity index is 1.93. The minimum atomic E-state index is -0.215. The summed E-state index contributed by atoms with van der Waals surface area (Å²) in [4.78, 5) is 11.9. The molecule has 0 unspecified atom stereocenters. The molecule has 0 aromatic heterocycles. The summed E-state index contributed by atoms with van der Waals surface area (Å²) in [7, 11) is 0. The van der Waals surface area contributed by atoms with Crippen molar-refractivity contribution in [2.45, 2.75) is 27.7 Å². The molecule has 0 radical (unpaired) electrons. The molecule has 2 aromatic carbocycles. The molecule has 0 aliphatic heterocycles. The van der Waals surface area contributed by atoms with Crippen molar-refractivity contribution < 1.29 is 4.79 Å². The third-order valence-corrected chi connectivity index (χ3v) is 4.24. The number of hydrazone groups is 1. The van der Waals surface area contributed by atoms with Gasteiger partial charge in [-0.25, -0.2) is 5.43 Å². The summed E-state index contributed by atoms with van der Waals surface area (Å²) in [5.41, 5.74) is 8.81. The number of hydrogen-bond donors (Lipinski definition) is 2. The number of halogens is 1. The smallest absolute Gasteiger partial charge is 0.259 e. The van der Waals surface area contributed by atoms with Crippen molar-refractivity contribution in [2.75, 3.05) is 11.9 Å². The molecule has 0 atom stereocenters. The van der Waals surface area contributed by atoms with Crippen LogP contribution in [0.1, 0.15) is 27.8 Å². The monoisotopic (exact) mass is 343 g/mol. The van der Waals surface area contributed by atoms with Crippen LogP contribution >= 0.6 is 11.6 Å². The topological polar surface area (TPSA) is 53.5 Å². The SMILES string of the molecule is Cc1cc(C)c(C=NNC(=O)CNc2cccc(Cl)c2C)c(C)c1. The molecular formula is C19H22ClN3O. The van der Waals surface area contributed by atoms with Crippen LogP contribution in [-0.4, -0.2) is 18.7 Å². The predicted octanol–water partition coefficient (Wildman–Crippen LogP) is 4.14. The van der Waals surface area contributed by atoms with Gasteiger partial charge in [0.1, 0.15) is 0 Å². The normalized spacial score (nSPS) is 10.9. The number of carbonyl (C=O) groups is 1. The first-order valence-corrected chi connectivity index (χ1v) is 8.15. The summed E-state index contributed by atoms with van der Waals surface area (Å²) in [6, 6.07) is 9.74. The molecule has 0 bridgehead atoms. The Morgan fingerprint density at radius 3 is 2.50 bits per heavy atom. The first-order valence-electron chi connectivity index (χ1n) is 7.77. The highest BCUT2D eigenvalue weighted by Crippen LogP contribution is 2.22. The number of hydrogen-bond acceptors (Lipinski definition) is 3. The number of carbonyl (C=O) groups excluding carboxylic acids is 1. The van der Waals surface area contributed by atoms with Gasteiger partial charge in [0.25, 0.3) is 5.91 Å². The number of benzene rings is 2. The van der Waals surface area contributed by atoms with E-state index < -0.39 is 0 Å². The van der Waals surface area contributed by atoms with Crippen LogP contribution < -0.4 is 10.7 Å². The van der Waals surface area contributed by atoms with Gasteiger partial charge in [-0.15, -0.1) is 0 Å². The number of nitrogens with zero attached hydrogens (tertiary/aromatic N) is 1. The van der Waals surface area contributed by atoms with Gasteiger partial charge in [-0.1, -0.05) is 35.4 Å². The summed E-state index contributed by atoms with van der Waals surface area (Å²) < 4.78 is 0. The minimum Gasteiger partial charge on any atom is -0.376 e. The number of aryl methyl sites for hydroxylation is 3. The van der Waals surface area contributed by atoms with E-state index in [1.807, 2.05) is 39.0 Å². The fourth-order valence-corrected chi connectivity index (χ4v) is 2.75. The first kappa shape index (κ1) is 18.0. The highest BCUT2D eigenvalue weighted by molar-refractivity contribution is 6.31. The second kappa shape index (κ2) is 7.97. The van der Waals surface area contributed by atoms with Crippen molar-refractivity contribution in [3.05, 3.63) is 63.2 Å². The molecule has 2 N–H and O–H groups in total. The maximum absolute atomic E-state index is 11.9. The van der Waals surface area contributed by atoms with Gasteiger partial charge in [-0.3, -0.25) is 4.79 Å². The average molecular weight is 344 g/mol. The molecule has 24 heavy (non-hydrogen) atoms. The van der Waals surface area contributed by atoms with Crippen LogP contribution in [0.5, 0.6) is 0 Å². The van der Waals surface area contributed by atoms with E-state index in [2.05, 4.69) is 34.9 Å². The Hall–Kier alpha value is -2.33. The highest BCUT2D eigenvalue weighted by Gasteiger charge is 2.05. The lowest BCUT2D eigenvalue weighted by molar-refractivity contribution is -0.119. The van der Waals surface area contributed by atoms with Crippen LogP contribution in [0.25, 0.3) is 0 Å². The van der Waals surface area contributed by atoms with Gasteiger partial charge in [-0.2, -0.15) is 5.10 Å². The molecule has 1 amide bonds. The summed E-state index contributed by atoms with van der Waals surface area (Å²) in [5, 5.41) is 7.79. The quantitative estimate of drug-likeness (QED) is 0.633. The summed E-state index contributed by atoms with van der Waals surface area (Å²) in [6.07, 6.45) is 1.69. The van der Waals surface area contributed by atoms with E-state index in [0.717, 1.165) is 27.9 Å². The zero-order valence-corrected chi connectivity index (χ0v) is 15.2. The van der Waals surface area contributed by atoms with Gasteiger partial charge in [-0.05, 0) is 56.5 Å². The van der Waals surface area contributed by atoms with Gasteiger partial charge in [0.15, 0.2) is 0 Å². The Morgan fingerprint density at radius 2 is 1.83 bits per heavy atom. The van der Waals surface area contributed by atoms with E-state index in [1.54, 1.807) is 6.21 Å². The maximum atomic E-state index is 11.9. The second-order valence-corrected chi connectivity index (χ2v) is 6.28. The maximum Gasteiger partial charge on any atom is 0.259 e. The van der Waals surface area contributed by atoms with Gasteiger partial charge in [0, 0.05) is 16.3 Å². The van der Waals surface area contributed by atoms with E-state index in [4.69, 9.17) is 11.6 Å². The molecule has 0 heterocycles. The second-order valence-electron chi connectivity index (χ2n) is 5.87. The van der Waals surface area contributed by atoms with E-state index >= 15 is 0 Å². The molecule has 4 nitrogen and oxygen atoms in total. The molecular weight excluding hydrogens is 322 g/mol. The lowest BCUT2D eigenvalue weighted by atomic mass is 10.0. The lowest BCUT2D eigenvalue weighted by Crippen LogP contribution is -2.26. The molecule has 5 heteroatoms. The Bertz CT molecular complexity index is 761. The van der Waals surface area contributed by atoms with E-state index in [-0.39, 0.29) is 12.5 Å². The fraction of sp³-hybridized carbons (Fsp3) is 0.263. The van der Waals surface area contributed by atoms with E-state index in [1.165, 1.54) is 5.56 Å². The Labute approximate surface area is 147 Å². The van der Waals surface area contributed by atoms with Crippen LogP contribution in [0.3, 0.4) is 0 Å². The minimum absolute atomic E-state index is 0.129. The lowest BCUT2D eigenvalue weighted by Gasteiger charge is -2.10. The Morgan fingerprint density at radius 1 is 1.17 bits per heavy atom. The van der Waals surface area contributed by atoms with E-state index in [0.29, 0.717) is 5.02 Å². The fourth-order valence-electron chi connectivity index (χ4n) is 2.58. The summed E-state index contributed by atoms with van der Waals surface area (Å²) >= 11 is 6.06. The number of anilines is 1. The van der Waals surface area contributed by atoms with Crippen molar-refractivity contribution in [2.24, 2.45) is 5.10 Å². The summed E-state index contributed by atoms with van der Waals surface area (Å²) in [5.74, 6) is -0.215. The van der Waals surface area contributed by atoms with Crippen molar-refractivity contribution in [1.29, 1.82) is 0 Å². The summed E-state index contributed by atoms with van der Waals surface area (Å²) in [6.45, 7) is 8.17. The first-order chi connectivity index (χ1) is 11.4. The molecule has 2 aromatic rings. The third kappa shape index (κ3) is 4.59. The number of rotatable bonds is 5. The predicted molar refractivity (Wildman–Crippen MR) is 101 cm³/mol. The molecule has 0 spiro atoms. The standard InChI is InChI=1S/C19H22ClN3O/c1-12-8-13(2)16(14(3)9-12)10-22-23-19(24)11-21-18-7-5-6-17(20)15(18)4/h5-10,21H,11H2,1-4H3,(H,23,24). The van der Waals surface area contributed by atoms with Crippen molar-refractivity contribution >= 4 is 29.4 Å². The van der Waals surface area contributed by atoms with Gasteiger partial charge >= 0.3 is 0 Å². The van der Waals surface area contributed by atoms with Crippen LogP contribution in [0.2, 0.25) is 5.02 Å². The Kier molecular flexibility index (Phi) is 5.99. The molecule has 0 saturated heterocycles. The van der Waals surface area contributed by atoms with E-state index in [9.17, 15) is 4.79 Å². The molecule has 126 valence electrons. The molecule has 0 saturated carbocycles. The highest BCUT2D eigenvalue weighted by atomic mass is 35.5. The zero-order valence-electron chi connectivity index (χ0n) is 14.4. The largest absolute Gasteiger partial charge is 0.376 e. The number of nitrogens with one attached hydrogen (secondary N) is 2. The van der Waals surface area contributed by atoms with Gasteiger partial charge in [0.05, 0.1) is 12.8 Å².